The number of methoxy groups -OCH3 is 2. The van der Waals surface area contributed by atoms with E-state index in [-0.39, 0.29) is 17.5 Å². The van der Waals surface area contributed by atoms with E-state index in [9.17, 15) is 14.7 Å². The molecule has 0 spiro atoms. The summed E-state index contributed by atoms with van der Waals surface area (Å²) in [5.74, 6) is -0.169. The van der Waals surface area contributed by atoms with E-state index in [0.29, 0.717) is 0 Å². The summed E-state index contributed by atoms with van der Waals surface area (Å²) in [6.45, 7) is 1.56. The molecule has 4 rings (SSSR count). The van der Waals surface area contributed by atoms with Crippen molar-refractivity contribution in [2.75, 3.05) is 34.4 Å². The van der Waals surface area contributed by atoms with Gasteiger partial charge < -0.3 is 24.5 Å². The number of carboxylic acids is 1. The van der Waals surface area contributed by atoms with Crippen LogP contribution in [0.15, 0.2) is 35.3 Å². The Kier molecular flexibility index (Phi) is 5.11. The Bertz CT molecular complexity index is 890. The third kappa shape index (κ3) is 3.00. The number of fused-ring (bicyclic) bond motifs is 6. The van der Waals surface area contributed by atoms with Crippen LogP contribution in [-0.4, -0.2) is 50.1 Å². The van der Waals surface area contributed by atoms with Gasteiger partial charge in [0.25, 0.3) is 0 Å². The Morgan fingerprint density at radius 1 is 1.23 bits per heavy atom. The Labute approximate surface area is 151 Å². The second-order valence-electron chi connectivity index (χ2n) is 6.34. The molecule has 1 fully saturated rings. The van der Waals surface area contributed by atoms with E-state index >= 15 is 0 Å². The van der Waals surface area contributed by atoms with Gasteiger partial charge in [0, 0.05) is 51.1 Å². The Hall–Kier alpha value is -2.64. The number of carboxylic acid groups (broad SMARTS) is 1. The zero-order chi connectivity index (χ0) is 18.8. The Balaban J connectivity index is 0.000000613. The Morgan fingerprint density at radius 3 is 2.62 bits per heavy atom. The van der Waals surface area contributed by atoms with Crippen molar-refractivity contribution in [2.45, 2.75) is 12.0 Å². The third-order valence-electron chi connectivity index (χ3n) is 4.78. The van der Waals surface area contributed by atoms with Crippen LogP contribution >= 0.6 is 0 Å². The number of carbonyl (C=O) groups is 1. The van der Waals surface area contributed by atoms with Crippen LogP contribution in [0.25, 0.3) is 11.3 Å². The van der Waals surface area contributed by atoms with Crippen LogP contribution in [0.1, 0.15) is 27.9 Å². The lowest BCUT2D eigenvalue weighted by atomic mass is 9.84. The van der Waals surface area contributed by atoms with Crippen molar-refractivity contribution >= 4 is 5.97 Å². The van der Waals surface area contributed by atoms with E-state index < -0.39 is 11.4 Å². The van der Waals surface area contributed by atoms with Crippen LogP contribution < -0.4 is 15.5 Å². The number of ether oxygens (including phenoxy) is 2. The third-order valence-corrected chi connectivity index (χ3v) is 4.78. The summed E-state index contributed by atoms with van der Waals surface area (Å²) in [6, 6.07) is 7.35. The van der Waals surface area contributed by atoms with Gasteiger partial charge in [-0.2, -0.15) is 0 Å². The molecule has 0 radical (unpaired) electrons. The number of hydrogen-bond acceptors (Lipinski definition) is 5. The number of nitrogens with zero attached hydrogens (tertiary/aromatic N) is 1. The van der Waals surface area contributed by atoms with Gasteiger partial charge in [-0.05, 0) is 23.8 Å². The SMILES string of the molecule is COC.COc1ccc2c(c1)C1CNCC1n1cc(C(=O)O)c(=O)cc1-2. The minimum Gasteiger partial charge on any atom is -0.497 e. The predicted octanol–water partition coefficient (Wildman–Crippen LogP) is 1.73. The van der Waals surface area contributed by atoms with Crippen molar-refractivity contribution in [1.29, 1.82) is 0 Å². The highest BCUT2D eigenvalue weighted by Crippen LogP contribution is 2.44. The van der Waals surface area contributed by atoms with Crippen molar-refractivity contribution in [3.05, 3.63) is 51.8 Å². The topological polar surface area (TPSA) is 89.8 Å². The highest BCUT2D eigenvalue weighted by atomic mass is 16.5. The highest BCUT2D eigenvalue weighted by Gasteiger charge is 2.37. The molecular formula is C19H22N2O5. The van der Waals surface area contributed by atoms with Crippen LogP contribution in [0.5, 0.6) is 5.75 Å². The second kappa shape index (κ2) is 7.31. The summed E-state index contributed by atoms with van der Waals surface area (Å²) in [7, 11) is 4.88. The minimum absolute atomic E-state index is 0.100. The molecule has 2 atom stereocenters. The van der Waals surface area contributed by atoms with Crippen molar-refractivity contribution in [3.63, 3.8) is 0 Å². The quantitative estimate of drug-likeness (QED) is 0.850. The number of aromatic nitrogens is 1. The molecule has 0 bridgehead atoms. The zero-order valence-electron chi connectivity index (χ0n) is 15.0. The van der Waals surface area contributed by atoms with Gasteiger partial charge in [0.15, 0.2) is 5.43 Å². The summed E-state index contributed by atoms with van der Waals surface area (Å²) in [5, 5.41) is 12.6. The summed E-state index contributed by atoms with van der Waals surface area (Å²) >= 11 is 0. The number of rotatable bonds is 2. The second-order valence-corrected chi connectivity index (χ2v) is 6.34. The smallest absolute Gasteiger partial charge is 0.341 e. The summed E-state index contributed by atoms with van der Waals surface area (Å²) in [4.78, 5) is 23.4. The van der Waals surface area contributed by atoms with Gasteiger partial charge in [-0.25, -0.2) is 4.79 Å². The number of hydrogen-bond donors (Lipinski definition) is 2. The van der Waals surface area contributed by atoms with E-state index in [0.717, 1.165) is 35.7 Å². The van der Waals surface area contributed by atoms with Crippen LogP contribution in [0.4, 0.5) is 0 Å². The fraction of sp³-hybridized carbons (Fsp3) is 0.368. The largest absolute Gasteiger partial charge is 0.497 e. The van der Waals surface area contributed by atoms with Crippen LogP contribution in [-0.2, 0) is 4.74 Å². The van der Waals surface area contributed by atoms with Gasteiger partial charge in [0.2, 0.25) is 0 Å². The maximum Gasteiger partial charge on any atom is 0.341 e. The molecule has 26 heavy (non-hydrogen) atoms. The first kappa shape index (κ1) is 18.2. The molecular weight excluding hydrogens is 336 g/mol. The average Bonchev–Trinajstić information content (AvgIpc) is 3.11. The molecule has 2 N–H and O–H groups in total. The van der Waals surface area contributed by atoms with Gasteiger partial charge in [-0.15, -0.1) is 0 Å². The molecule has 2 unspecified atom stereocenters. The van der Waals surface area contributed by atoms with Gasteiger partial charge in [0.1, 0.15) is 11.3 Å². The van der Waals surface area contributed by atoms with Crippen LogP contribution in [0.2, 0.25) is 0 Å². The fourth-order valence-electron chi connectivity index (χ4n) is 3.68. The van der Waals surface area contributed by atoms with E-state index in [1.807, 2.05) is 22.8 Å². The van der Waals surface area contributed by atoms with E-state index in [2.05, 4.69) is 10.1 Å². The molecule has 7 nitrogen and oxygen atoms in total. The van der Waals surface area contributed by atoms with Gasteiger partial charge >= 0.3 is 5.97 Å². The molecule has 0 saturated carbocycles. The summed E-state index contributed by atoms with van der Waals surface area (Å²) in [5.41, 5.74) is 2.22. The molecule has 3 heterocycles. The van der Waals surface area contributed by atoms with Gasteiger partial charge in [-0.1, -0.05) is 0 Å². The van der Waals surface area contributed by atoms with E-state index in [4.69, 9.17) is 4.74 Å². The van der Waals surface area contributed by atoms with Crippen LogP contribution in [0, 0.1) is 0 Å². The fourth-order valence-corrected chi connectivity index (χ4v) is 3.68. The standard InChI is InChI=1S/C17H16N2O4.C2H6O/c1-23-9-2-3-10-11(4-9)12-6-18-7-15(12)19-8-13(17(21)22)16(20)5-14(10)19;1-3-2/h2-5,8,12,15,18H,6-7H2,1H3,(H,21,22);1-2H3. The summed E-state index contributed by atoms with van der Waals surface area (Å²) in [6.07, 6.45) is 1.48. The highest BCUT2D eigenvalue weighted by molar-refractivity contribution is 5.87. The van der Waals surface area contributed by atoms with Crippen molar-refractivity contribution < 1.29 is 19.4 Å². The van der Waals surface area contributed by atoms with Crippen molar-refractivity contribution in [3.8, 4) is 17.0 Å². The molecule has 1 aromatic heterocycles. The first-order chi connectivity index (χ1) is 12.5. The molecule has 1 saturated heterocycles. The predicted molar refractivity (Wildman–Crippen MR) is 97.2 cm³/mol. The lowest BCUT2D eigenvalue weighted by molar-refractivity contribution is 0.0694. The molecule has 2 aliphatic heterocycles. The van der Waals surface area contributed by atoms with Gasteiger partial charge in [0.05, 0.1) is 18.8 Å². The van der Waals surface area contributed by atoms with Crippen LogP contribution in [0.3, 0.4) is 0 Å². The molecule has 138 valence electrons. The molecule has 2 aromatic rings. The lowest BCUT2D eigenvalue weighted by Gasteiger charge is -2.33. The maximum absolute atomic E-state index is 12.1. The minimum atomic E-state index is -1.19. The monoisotopic (exact) mass is 358 g/mol. The maximum atomic E-state index is 12.1. The molecule has 2 aliphatic rings. The molecule has 0 amide bonds. The summed E-state index contributed by atoms with van der Waals surface area (Å²) < 4.78 is 11.5. The average molecular weight is 358 g/mol. The molecule has 0 aliphatic carbocycles. The first-order valence-corrected chi connectivity index (χ1v) is 8.30. The zero-order valence-corrected chi connectivity index (χ0v) is 15.0. The van der Waals surface area contributed by atoms with Crippen molar-refractivity contribution in [1.82, 2.24) is 9.88 Å². The normalized spacial score (nSPS) is 19.5. The lowest BCUT2D eigenvalue weighted by Crippen LogP contribution is -2.27. The number of nitrogens with one attached hydrogen (secondary N) is 1. The Morgan fingerprint density at radius 2 is 1.96 bits per heavy atom. The van der Waals surface area contributed by atoms with E-state index in [1.54, 1.807) is 21.3 Å². The first-order valence-electron chi connectivity index (χ1n) is 8.30. The van der Waals surface area contributed by atoms with Crippen molar-refractivity contribution in [2.24, 2.45) is 0 Å². The number of pyridine rings is 1. The number of aromatic carboxylic acids is 1. The molecule has 1 aromatic carbocycles. The number of benzene rings is 1. The molecule has 7 heteroatoms. The van der Waals surface area contributed by atoms with Gasteiger partial charge in [-0.3, -0.25) is 4.79 Å². The van der Waals surface area contributed by atoms with E-state index in [1.165, 1.54) is 12.3 Å².